The van der Waals surface area contributed by atoms with Crippen LogP contribution in [0.1, 0.15) is 138 Å². The Morgan fingerprint density at radius 2 is 0.441 bits per heavy atom. The summed E-state index contributed by atoms with van der Waals surface area (Å²) in [6.07, 6.45) is 8.84. The number of rotatable bonds is 18. The molecule has 0 rings (SSSR count). The summed E-state index contributed by atoms with van der Waals surface area (Å²) in [6, 6.07) is 0. The molecule has 34 heavy (non-hydrogen) atoms. The van der Waals surface area contributed by atoms with Crippen LogP contribution in [0.2, 0.25) is 0 Å². The quantitative estimate of drug-likeness (QED) is 0.153. The summed E-state index contributed by atoms with van der Waals surface area (Å²) in [4.78, 5) is 65.4. The summed E-state index contributed by atoms with van der Waals surface area (Å²) < 4.78 is 0. The van der Waals surface area contributed by atoms with Crippen molar-refractivity contribution in [3.63, 3.8) is 0 Å². The number of hydrogen-bond donors (Lipinski definition) is 0. The maximum Gasteiger partial charge on any atom is 0.140 e. The third kappa shape index (κ3) is 32.7. The zero-order valence-corrected chi connectivity index (χ0v) is 23.5. The largest absolute Gasteiger partial charge is 0.299 e. The van der Waals surface area contributed by atoms with Gasteiger partial charge in [0.25, 0.3) is 0 Å². The van der Waals surface area contributed by atoms with Crippen LogP contribution in [-0.4, -0.2) is 34.7 Å². The third-order valence-electron chi connectivity index (χ3n) is 4.36. The van der Waals surface area contributed by atoms with E-state index in [2.05, 4.69) is 0 Å². The Morgan fingerprint density at radius 1 is 0.324 bits per heavy atom. The van der Waals surface area contributed by atoms with Gasteiger partial charge in [-0.05, 0) is 38.5 Å². The maximum absolute atomic E-state index is 10.9. The minimum atomic E-state index is 0. The monoisotopic (exact) mass is 524 g/mol. The van der Waals surface area contributed by atoms with Crippen molar-refractivity contribution in [2.45, 2.75) is 138 Å². The van der Waals surface area contributed by atoms with Crippen LogP contribution >= 0.6 is 0 Å². The molecule has 0 aliphatic heterocycles. The van der Waals surface area contributed by atoms with E-state index < -0.39 is 0 Å². The van der Waals surface area contributed by atoms with Crippen molar-refractivity contribution in [2.75, 3.05) is 0 Å². The van der Waals surface area contributed by atoms with Gasteiger partial charge in [-0.3, -0.25) is 28.8 Å². The molecule has 0 radical (unpaired) electrons. The number of carbonyl (C=O) groups is 6. The van der Waals surface area contributed by atoms with Crippen molar-refractivity contribution in [3.05, 3.63) is 0 Å². The summed E-state index contributed by atoms with van der Waals surface area (Å²) in [7, 11) is 0. The Morgan fingerprint density at radius 3 is 0.529 bits per heavy atom. The van der Waals surface area contributed by atoms with E-state index in [0.29, 0.717) is 38.5 Å². The summed E-state index contributed by atoms with van der Waals surface area (Å²) in [5.74, 6) is 0.533. The molecule has 6 nitrogen and oxygen atoms in total. The molecular weight excluding hydrogens is 476 g/mol. The molecule has 0 aliphatic rings. The van der Waals surface area contributed by atoms with Crippen LogP contribution in [0.25, 0.3) is 0 Å². The van der Waals surface area contributed by atoms with Crippen LogP contribution in [0.5, 0.6) is 0 Å². The summed E-state index contributed by atoms with van der Waals surface area (Å²) >= 11 is 0. The topological polar surface area (TPSA) is 102 Å². The molecule has 0 heterocycles. The van der Waals surface area contributed by atoms with Gasteiger partial charge in [-0.2, -0.15) is 0 Å². The Kier molecular flexibility index (Phi) is 34.6. The molecular formula is C27H48FeO6. The van der Waals surface area contributed by atoms with Crippen LogP contribution in [0.4, 0.5) is 0 Å². The van der Waals surface area contributed by atoms with E-state index in [9.17, 15) is 28.8 Å². The van der Waals surface area contributed by atoms with Gasteiger partial charge in [-0.1, -0.05) is 41.5 Å². The van der Waals surface area contributed by atoms with E-state index in [1.807, 2.05) is 41.5 Å². The smallest absolute Gasteiger partial charge is 0.140 e. The standard InChI is InChI=1S/3C9H16O2.Fe/c3*1-3-5-8(10)7-9(11)6-4-2;/h3*3-7H2,1-2H3;. The van der Waals surface area contributed by atoms with Crippen molar-refractivity contribution in [1.82, 2.24) is 0 Å². The fraction of sp³-hybridized carbons (Fsp3) is 0.778. The van der Waals surface area contributed by atoms with E-state index in [-0.39, 0.29) is 71.0 Å². The molecule has 0 saturated carbocycles. The molecule has 0 aromatic heterocycles. The second kappa shape index (κ2) is 29.6. The Balaban J connectivity index is -0.000000196. The molecule has 0 unspecified atom stereocenters. The predicted octanol–water partition coefficient (Wildman–Crippen LogP) is 6.34. The minimum absolute atomic E-state index is 0. The van der Waals surface area contributed by atoms with Crippen LogP contribution < -0.4 is 0 Å². The van der Waals surface area contributed by atoms with Crippen LogP contribution in [0, 0.1) is 0 Å². The Hall–Kier alpha value is -1.46. The first-order valence-corrected chi connectivity index (χ1v) is 12.7. The van der Waals surface area contributed by atoms with Crippen molar-refractivity contribution in [3.8, 4) is 0 Å². The molecule has 0 aliphatic carbocycles. The molecule has 0 atom stereocenters. The van der Waals surface area contributed by atoms with Gasteiger partial charge in [0.1, 0.15) is 34.7 Å². The van der Waals surface area contributed by atoms with Crippen molar-refractivity contribution >= 4 is 34.7 Å². The number of carbonyl (C=O) groups excluding carboxylic acids is 6. The van der Waals surface area contributed by atoms with E-state index in [0.717, 1.165) is 38.5 Å². The predicted molar refractivity (Wildman–Crippen MR) is 133 cm³/mol. The fourth-order valence-corrected chi connectivity index (χ4v) is 2.86. The molecule has 7 heteroatoms. The number of ketones is 6. The molecule has 0 bridgehead atoms. The minimum Gasteiger partial charge on any atom is -0.299 e. The molecule has 0 spiro atoms. The first-order valence-electron chi connectivity index (χ1n) is 12.7. The normalized spacial score (nSPS) is 9.35. The second-order valence-electron chi connectivity index (χ2n) is 8.26. The molecule has 0 aromatic carbocycles. The van der Waals surface area contributed by atoms with Gasteiger partial charge >= 0.3 is 0 Å². The van der Waals surface area contributed by atoms with Crippen molar-refractivity contribution in [1.29, 1.82) is 0 Å². The van der Waals surface area contributed by atoms with Gasteiger partial charge in [0.05, 0.1) is 19.3 Å². The average molecular weight is 525 g/mol. The summed E-state index contributed by atoms with van der Waals surface area (Å²) in [5, 5.41) is 0. The SMILES string of the molecule is CCCC(=O)CC(=O)CCC.CCCC(=O)CC(=O)CCC.CCCC(=O)CC(=O)CCC.[Fe]. The van der Waals surface area contributed by atoms with Gasteiger partial charge in [0, 0.05) is 55.6 Å². The summed E-state index contributed by atoms with van der Waals surface area (Å²) in [5.41, 5.74) is 0. The molecule has 200 valence electrons. The van der Waals surface area contributed by atoms with Gasteiger partial charge < -0.3 is 0 Å². The zero-order valence-electron chi connectivity index (χ0n) is 22.4. The molecule has 0 saturated heterocycles. The van der Waals surface area contributed by atoms with Gasteiger partial charge in [0.2, 0.25) is 0 Å². The number of hydrogen-bond acceptors (Lipinski definition) is 6. The van der Waals surface area contributed by atoms with E-state index >= 15 is 0 Å². The second-order valence-corrected chi connectivity index (χ2v) is 8.26. The first-order chi connectivity index (χ1) is 15.6. The Bertz CT molecular complexity index is 455. The van der Waals surface area contributed by atoms with E-state index in [1.54, 1.807) is 0 Å². The molecule has 0 N–H and O–H groups in total. The maximum atomic E-state index is 10.9. The van der Waals surface area contributed by atoms with E-state index in [4.69, 9.17) is 0 Å². The average Bonchev–Trinajstić information content (AvgIpc) is 2.69. The van der Waals surface area contributed by atoms with Crippen LogP contribution in [-0.2, 0) is 45.8 Å². The zero-order chi connectivity index (χ0) is 26.1. The third-order valence-corrected chi connectivity index (χ3v) is 4.36. The molecule has 0 amide bonds. The van der Waals surface area contributed by atoms with Crippen molar-refractivity contribution in [2.24, 2.45) is 0 Å². The first kappa shape index (κ1) is 39.7. The van der Waals surface area contributed by atoms with Gasteiger partial charge in [-0.25, -0.2) is 0 Å². The fourth-order valence-electron chi connectivity index (χ4n) is 2.86. The molecule has 0 fully saturated rings. The van der Waals surface area contributed by atoms with Crippen molar-refractivity contribution < 1.29 is 45.8 Å². The van der Waals surface area contributed by atoms with Gasteiger partial charge in [-0.15, -0.1) is 0 Å². The van der Waals surface area contributed by atoms with E-state index in [1.165, 1.54) is 0 Å². The van der Waals surface area contributed by atoms with Crippen LogP contribution in [0.3, 0.4) is 0 Å². The Labute approximate surface area is 218 Å². The summed E-state index contributed by atoms with van der Waals surface area (Å²) in [6.45, 7) is 11.7. The van der Waals surface area contributed by atoms with Crippen LogP contribution in [0.15, 0.2) is 0 Å². The number of Topliss-reactive ketones (excluding diaryl/α,β-unsaturated/α-hetero) is 6. The van der Waals surface area contributed by atoms with Gasteiger partial charge in [0.15, 0.2) is 0 Å². The molecule has 0 aromatic rings.